The van der Waals surface area contributed by atoms with Crippen LogP contribution < -0.4 is 10.6 Å². The molecule has 0 aliphatic heterocycles. The average molecular weight is 397 g/mol. The lowest BCUT2D eigenvalue weighted by Crippen LogP contribution is -2.46. The highest BCUT2D eigenvalue weighted by Gasteiger charge is 2.39. The summed E-state index contributed by atoms with van der Waals surface area (Å²) in [6.45, 7) is 3.54. The van der Waals surface area contributed by atoms with Gasteiger partial charge in [0.2, 0.25) is 5.91 Å². The smallest absolute Gasteiger partial charge is 0.409 e. The number of imide groups is 1. The monoisotopic (exact) mass is 397 g/mol. The van der Waals surface area contributed by atoms with Gasteiger partial charge in [-0.25, -0.2) is 9.59 Å². The minimum absolute atomic E-state index is 0.0698. The van der Waals surface area contributed by atoms with Crippen molar-refractivity contribution >= 4 is 18.0 Å². The zero-order chi connectivity index (χ0) is 21.0. The number of rotatable bonds is 5. The molecule has 0 bridgehead atoms. The van der Waals surface area contributed by atoms with Crippen LogP contribution in [-0.2, 0) is 9.53 Å². The number of allylic oxidation sites excluding steroid dienone is 4. The van der Waals surface area contributed by atoms with Crippen LogP contribution in [0.4, 0.5) is 9.59 Å². The van der Waals surface area contributed by atoms with Gasteiger partial charge in [-0.1, -0.05) is 48.6 Å². The predicted octanol–water partition coefficient (Wildman–Crippen LogP) is 2.91. The first-order chi connectivity index (χ1) is 13.9. The molecule has 1 aromatic carbocycles. The fraction of sp³-hybridized carbons (Fsp3) is 0.409. The third-order valence-corrected chi connectivity index (χ3v) is 5.15. The van der Waals surface area contributed by atoms with Gasteiger partial charge in [0, 0.05) is 24.9 Å². The molecule has 4 amide bonds. The summed E-state index contributed by atoms with van der Waals surface area (Å²) in [6.07, 6.45) is 7.83. The number of benzene rings is 1. The number of urea groups is 1. The molecule has 0 saturated heterocycles. The Morgan fingerprint density at radius 1 is 1.10 bits per heavy atom. The third kappa shape index (κ3) is 4.85. The summed E-state index contributed by atoms with van der Waals surface area (Å²) < 4.78 is 5.51. The molecule has 2 aliphatic carbocycles. The van der Waals surface area contributed by atoms with Crippen LogP contribution in [0.1, 0.15) is 36.8 Å². The Morgan fingerprint density at radius 2 is 1.79 bits per heavy atom. The number of hydrogen-bond acceptors (Lipinski definition) is 4. The van der Waals surface area contributed by atoms with E-state index in [9.17, 15) is 14.4 Å². The summed E-state index contributed by atoms with van der Waals surface area (Å²) in [6, 6.07) is 7.55. The Labute approximate surface area is 170 Å². The van der Waals surface area contributed by atoms with E-state index in [1.54, 1.807) is 13.8 Å². The van der Waals surface area contributed by atoms with Gasteiger partial charge < -0.3 is 15.0 Å². The summed E-state index contributed by atoms with van der Waals surface area (Å²) in [5, 5.41) is 4.75. The topological polar surface area (TPSA) is 87.7 Å². The fourth-order valence-electron chi connectivity index (χ4n) is 3.90. The van der Waals surface area contributed by atoms with Gasteiger partial charge in [0.15, 0.2) is 0 Å². The lowest BCUT2D eigenvalue weighted by Gasteiger charge is -2.24. The molecule has 0 spiro atoms. The Morgan fingerprint density at radius 3 is 2.52 bits per heavy atom. The van der Waals surface area contributed by atoms with E-state index in [4.69, 9.17) is 4.74 Å². The molecular weight excluding hydrogens is 370 g/mol. The van der Waals surface area contributed by atoms with Crippen molar-refractivity contribution in [3.05, 3.63) is 59.7 Å². The molecule has 0 fully saturated rings. The van der Waals surface area contributed by atoms with Crippen molar-refractivity contribution in [1.29, 1.82) is 0 Å². The van der Waals surface area contributed by atoms with E-state index in [0.29, 0.717) is 5.92 Å². The Kier molecular flexibility index (Phi) is 6.36. The zero-order valence-electron chi connectivity index (χ0n) is 16.9. The summed E-state index contributed by atoms with van der Waals surface area (Å²) in [5.74, 6) is 0.0380. The number of nitrogens with zero attached hydrogens (tertiary/aromatic N) is 1. The van der Waals surface area contributed by atoms with Gasteiger partial charge in [0.25, 0.3) is 0 Å². The molecule has 3 unspecified atom stereocenters. The molecular formula is C22H27N3O4. The average Bonchev–Trinajstić information content (AvgIpc) is 2.99. The van der Waals surface area contributed by atoms with Crippen LogP contribution >= 0.6 is 0 Å². The number of amides is 4. The van der Waals surface area contributed by atoms with Crippen molar-refractivity contribution < 1.29 is 19.1 Å². The van der Waals surface area contributed by atoms with Crippen molar-refractivity contribution in [3.8, 4) is 0 Å². The molecule has 7 nitrogen and oxygen atoms in total. The molecule has 29 heavy (non-hydrogen) atoms. The van der Waals surface area contributed by atoms with Crippen molar-refractivity contribution in [2.45, 2.75) is 31.7 Å². The molecule has 3 atom stereocenters. The number of fused-ring (bicyclic) bond motifs is 3. The number of ether oxygens (including phenoxy) is 1. The molecule has 2 aliphatic rings. The summed E-state index contributed by atoms with van der Waals surface area (Å²) >= 11 is 0. The Bertz CT molecular complexity index is 846. The van der Waals surface area contributed by atoms with E-state index in [2.05, 4.69) is 34.9 Å². The molecule has 2 N–H and O–H groups in total. The summed E-state index contributed by atoms with van der Waals surface area (Å²) in [7, 11) is 1.47. The maximum Gasteiger partial charge on any atom is 0.409 e. The standard InChI is InChI=1S/C22H27N3O4/c1-14(2)23-21(27)24-20(26)12-25(3)22(28)29-13-19-17-10-6-4-8-15(17)16-9-5-7-11-18(16)19/h4-11,14-15,17,19H,12-13H2,1-3H3,(H2,23,24,26,27). The van der Waals surface area contributed by atoms with Crippen LogP contribution in [0.15, 0.2) is 48.6 Å². The summed E-state index contributed by atoms with van der Waals surface area (Å²) in [4.78, 5) is 37.0. The molecule has 0 aromatic heterocycles. The number of nitrogens with one attached hydrogen (secondary N) is 2. The Balaban J connectivity index is 1.55. The second kappa shape index (κ2) is 8.94. The summed E-state index contributed by atoms with van der Waals surface area (Å²) in [5.41, 5.74) is 2.46. The first-order valence-corrected chi connectivity index (χ1v) is 9.79. The maximum absolute atomic E-state index is 12.4. The van der Waals surface area contributed by atoms with Gasteiger partial charge >= 0.3 is 12.1 Å². The zero-order valence-corrected chi connectivity index (χ0v) is 16.9. The number of carbonyl (C=O) groups is 3. The molecule has 3 rings (SSSR count). The van der Waals surface area contributed by atoms with Crippen molar-refractivity contribution in [2.75, 3.05) is 20.2 Å². The van der Waals surface area contributed by atoms with Crippen LogP contribution in [-0.4, -0.2) is 49.2 Å². The number of hydrogen-bond donors (Lipinski definition) is 2. The molecule has 0 saturated carbocycles. The highest BCUT2D eigenvalue weighted by atomic mass is 16.6. The van der Waals surface area contributed by atoms with E-state index in [1.165, 1.54) is 18.2 Å². The van der Waals surface area contributed by atoms with Crippen LogP contribution in [0, 0.1) is 5.92 Å². The second-order valence-corrected chi connectivity index (χ2v) is 7.72. The van der Waals surface area contributed by atoms with Gasteiger partial charge in [0.05, 0.1) is 0 Å². The van der Waals surface area contributed by atoms with Gasteiger partial charge in [-0.3, -0.25) is 10.1 Å². The van der Waals surface area contributed by atoms with Crippen LogP contribution in [0.25, 0.3) is 0 Å². The SMILES string of the molecule is CC(C)NC(=O)NC(=O)CN(C)C(=O)OCC1c2ccccc2C2C=CC=CC21. The van der Waals surface area contributed by atoms with Crippen LogP contribution in [0.5, 0.6) is 0 Å². The van der Waals surface area contributed by atoms with Crippen LogP contribution in [0.3, 0.4) is 0 Å². The van der Waals surface area contributed by atoms with Gasteiger partial charge in [-0.15, -0.1) is 0 Å². The van der Waals surface area contributed by atoms with Crippen molar-refractivity contribution in [2.24, 2.45) is 5.92 Å². The van der Waals surface area contributed by atoms with Crippen molar-refractivity contribution in [3.63, 3.8) is 0 Å². The van der Waals surface area contributed by atoms with E-state index in [0.717, 1.165) is 4.90 Å². The van der Waals surface area contributed by atoms with E-state index < -0.39 is 18.0 Å². The largest absolute Gasteiger partial charge is 0.449 e. The van der Waals surface area contributed by atoms with Gasteiger partial charge in [-0.05, 0) is 30.9 Å². The van der Waals surface area contributed by atoms with Crippen LogP contribution in [0.2, 0.25) is 0 Å². The molecule has 0 radical (unpaired) electrons. The Hall–Kier alpha value is -3.09. The van der Waals surface area contributed by atoms with Crippen molar-refractivity contribution in [1.82, 2.24) is 15.5 Å². The molecule has 7 heteroatoms. The minimum atomic E-state index is -0.597. The normalized spacial score (nSPS) is 21.3. The molecule has 154 valence electrons. The lowest BCUT2D eigenvalue weighted by atomic mass is 9.84. The van der Waals surface area contributed by atoms with Gasteiger partial charge in [0.1, 0.15) is 13.2 Å². The van der Waals surface area contributed by atoms with Gasteiger partial charge in [-0.2, -0.15) is 0 Å². The first-order valence-electron chi connectivity index (χ1n) is 9.79. The first kappa shape index (κ1) is 20.6. The van der Waals surface area contributed by atoms with E-state index in [-0.39, 0.29) is 31.0 Å². The predicted molar refractivity (Wildman–Crippen MR) is 109 cm³/mol. The fourth-order valence-corrected chi connectivity index (χ4v) is 3.90. The number of likely N-dealkylation sites (N-methyl/N-ethyl adjacent to an activating group) is 1. The van der Waals surface area contributed by atoms with E-state index in [1.807, 2.05) is 24.3 Å². The molecule has 0 heterocycles. The molecule has 1 aromatic rings. The maximum atomic E-state index is 12.4. The van der Waals surface area contributed by atoms with E-state index >= 15 is 0 Å². The lowest BCUT2D eigenvalue weighted by molar-refractivity contribution is -0.120. The number of carbonyl (C=O) groups excluding carboxylic acids is 3. The minimum Gasteiger partial charge on any atom is -0.449 e. The second-order valence-electron chi connectivity index (χ2n) is 7.72. The highest BCUT2D eigenvalue weighted by Crippen LogP contribution is 2.49. The highest BCUT2D eigenvalue weighted by molar-refractivity contribution is 5.96. The third-order valence-electron chi connectivity index (χ3n) is 5.15. The quantitative estimate of drug-likeness (QED) is 0.800.